The Labute approximate surface area is 169 Å². The number of rotatable bonds is 8. The Morgan fingerprint density at radius 2 is 1.97 bits per heavy atom. The average molecular weight is 395 g/mol. The number of aromatic nitrogens is 2. The van der Waals surface area contributed by atoms with Gasteiger partial charge in [0.2, 0.25) is 0 Å². The number of ether oxygens (including phenoxy) is 1. The Balaban J connectivity index is 1.88. The maximum Gasteiger partial charge on any atom is 0.404 e. The zero-order valence-electron chi connectivity index (χ0n) is 16.8. The minimum absolute atomic E-state index is 0.222. The lowest BCUT2D eigenvalue weighted by molar-refractivity contribution is 0.176. The molecule has 29 heavy (non-hydrogen) atoms. The predicted octanol–water partition coefficient (Wildman–Crippen LogP) is 4.77. The first kappa shape index (κ1) is 20.4. The molecule has 1 atom stereocenters. The molecule has 0 aliphatic carbocycles. The van der Waals surface area contributed by atoms with E-state index in [-0.39, 0.29) is 12.6 Å². The van der Waals surface area contributed by atoms with Crippen molar-refractivity contribution in [1.82, 2.24) is 15.5 Å². The molecule has 0 bridgehead atoms. The fourth-order valence-corrected chi connectivity index (χ4v) is 3.21. The molecule has 0 aliphatic rings. The maximum absolute atomic E-state index is 11.1. The van der Waals surface area contributed by atoms with Gasteiger partial charge in [-0.2, -0.15) is 0 Å². The summed E-state index contributed by atoms with van der Waals surface area (Å²) in [5, 5.41) is 15.4. The highest BCUT2D eigenvalue weighted by Crippen LogP contribution is 2.34. The minimum atomic E-state index is -1.06. The van der Waals surface area contributed by atoms with E-state index in [0.717, 1.165) is 22.4 Å². The zero-order valence-corrected chi connectivity index (χ0v) is 16.8. The van der Waals surface area contributed by atoms with E-state index < -0.39 is 6.09 Å². The monoisotopic (exact) mass is 395 g/mol. The second kappa shape index (κ2) is 9.23. The molecule has 0 aliphatic heterocycles. The summed E-state index contributed by atoms with van der Waals surface area (Å²) in [7, 11) is 0. The fourth-order valence-electron chi connectivity index (χ4n) is 3.21. The second-order valence-corrected chi connectivity index (χ2v) is 7.36. The van der Waals surface area contributed by atoms with Crippen molar-refractivity contribution in [3.05, 3.63) is 54.5 Å². The van der Waals surface area contributed by atoms with Crippen molar-refractivity contribution in [2.75, 3.05) is 6.61 Å². The largest absolute Gasteiger partial charge is 0.491 e. The van der Waals surface area contributed by atoms with E-state index in [9.17, 15) is 4.79 Å². The van der Waals surface area contributed by atoms with Gasteiger partial charge in [-0.3, -0.25) is 4.98 Å². The molecule has 0 fully saturated rings. The standard InChI is InChI=1S/C22H25N3O4/c1-14(2)10-18(25-22(26)27)13-28-20-5-4-16(17-6-8-23-15(3)11-17)12-19(20)21-7-9-24-29-21/h4-9,11-12,14,18,25H,10,13H2,1-3H3,(H,26,27). The molecule has 2 N–H and O–H groups in total. The van der Waals surface area contributed by atoms with Gasteiger partial charge in [0, 0.05) is 18.0 Å². The van der Waals surface area contributed by atoms with Crippen LogP contribution in [-0.4, -0.2) is 34.0 Å². The van der Waals surface area contributed by atoms with Gasteiger partial charge in [0.25, 0.3) is 0 Å². The molecule has 1 aromatic carbocycles. The first-order valence-corrected chi connectivity index (χ1v) is 9.52. The third-order valence-electron chi connectivity index (χ3n) is 4.44. The summed E-state index contributed by atoms with van der Waals surface area (Å²) < 4.78 is 11.4. The summed E-state index contributed by atoms with van der Waals surface area (Å²) in [6.07, 6.45) is 2.98. The first-order valence-electron chi connectivity index (χ1n) is 9.52. The van der Waals surface area contributed by atoms with E-state index >= 15 is 0 Å². The van der Waals surface area contributed by atoms with Crippen molar-refractivity contribution in [2.45, 2.75) is 33.2 Å². The Kier molecular flexibility index (Phi) is 6.49. The van der Waals surface area contributed by atoms with E-state index in [2.05, 4.69) is 15.5 Å². The molecule has 0 radical (unpaired) electrons. The molecule has 7 heteroatoms. The highest BCUT2D eigenvalue weighted by molar-refractivity contribution is 5.75. The van der Waals surface area contributed by atoms with Gasteiger partial charge in [-0.25, -0.2) is 4.79 Å². The fraction of sp³-hybridized carbons (Fsp3) is 0.318. The van der Waals surface area contributed by atoms with Crippen molar-refractivity contribution >= 4 is 6.09 Å². The number of hydrogen-bond donors (Lipinski definition) is 2. The number of pyridine rings is 1. The molecular weight excluding hydrogens is 370 g/mol. The summed E-state index contributed by atoms with van der Waals surface area (Å²) in [6.45, 7) is 6.26. The molecule has 152 valence electrons. The smallest absolute Gasteiger partial charge is 0.404 e. The SMILES string of the molecule is Cc1cc(-c2ccc(OCC(CC(C)C)NC(=O)O)c(-c3ccno3)c2)ccn1. The lowest BCUT2D eigenvalue weighted by atomic mass is 10.0. The number of carbonyl (C=O) groups is 1. The number of amides is 1. The summed E-state index contributed by atoms with van der Waals surface area (Å²) in [5.41, 5.74) is 3.72. The van der Waals surface area contributed by atoms with E-state index in [1.807, 2.05) is 51.1 Å². The first-order chi connectivity index (χ1) is 13.9. The van der Waals surface area contributed by atoms with Crippen LogP contribution in [0.5, 0.6) is 5.75 Å². The molecule has 3 aromatic rings. The zero-order chi connectivity index (χ0) is 20.8. The van der Waals surface area contributed by atoms with Crippen molar-refractivity contribution < 1.29 is 19.2 Å². The Morgan fingerprint density at radius 1 is 1.17 bits per heavy atom. The maximum atomic E-state index is 11.1. The van der Waals surface area contributed by atoms with Crippen molar-refractivity contribution in [2.24, 2.45) is 5.92 Å². The molecule has 0 spiro atoms. The van der Waals surface area contributed by atoms with E-state index in [0.29, 0.717) is 23.8 Å². The van der Waals surface area contributed by atoms with Crippen molar-refractivity contribution in [3.63, 3.8) is 0 Å². The summed E-state index contributed by atoms with van der Waals surface area (Å²) in [6, 6.07) is 11.2. The van der Waals surface area contributed by atoms with Crippen LogP contribution in [0.3, 0.4) is 0 Å². The molecule has 2 heterocycles. The van der Waals surface area contributed by atoms with Gasteiger partial charge in [0.15, 0.2) is 5.76 Å². The van der Waals surface area contributed by atoms with Crippen LogP contribution in [0.25, 0.3) is 22.5 Å². The molecule has 7 nitrogen and oxygen atoms in total. The molecule has 3 rings (SSSR count). The van der Waals surface area contributed by atoms with Crippen LogP contribution in [-0.2, 0) is 0 Å². The van der Waals surface area contributed by atoms with Crippen LogP contribution >= 0.6 is 0 Å². The lowest BCUT2D eigenvalue weighted by Crippen LogP contribution is -2.39. The average Bonchev–Trinajstić information content (AvgIpc) is 3.20. The van der Waals surface area contributed by atoms with Crippen molar-refractivity contribution in [1.29, 1.82) is 0 Å². The van der Waals surface area contributed by atoms with Gasteiger partial charge in [-0.1, -0.05) is 25.1 Å². The minimum Gasteiger partial charge on any atom is -0.491 e. The van der Waals surface area contributed by atoms with Gasteiger partial charge in [-0.15, -0.1) is 0 Å². The normalized spacial score (nSPS) is 12.0. The van der Waals surface area contributed by atoms with E-state index in [1.54, 1.807) is 18.5 Å². The number of carboxylic acid groups (broad SMARTS) is 1. The van der Waals surface area contributed by atoms with Gasteiger partial charge < -0.3 is 19.7 Å². The predicted molar refractivity (Wildman–Crippen MR) is 110 cm³/mol. The number of nitrogens with zero attached hydrogens (tertiary/aromatic N) is 2. The van der Waals surface area contributed by atoms with Crippen LogP contribution in [0.4, 0.5) is 4.79 Å². The number of hydrogen-bond acceptors (Lipinski definition) is 5. The van der Waals surface area contributed by atoms with Crippen LogP contribution in [0, 0.1) is 12.8 Å². The third kappa shape index (κ3) is 5.57. The number of aryl methyl sites for hydroxylation is 1. The molecule has 0 saturated carbocycles. The van der Waals surface area contributed by atoms with Gasteiger partial charge in [-0.05, 0) is 54.7 Å². The van der Waals surface area contributed by atoms with Crippen molar-refractivity contribution in [3.8, 4) is 28.2 Å². The number of benzene rings is 1. The summed E-state index contributed by atoms with van der Waals surface area (Å²) >= 11 is 0. The molecule has 1 amide bonds. The van der Waals surface area contributed by atoms with E-state index in [1.165, 1.54) is 0 Å². The molecule has 1 unspecified atom stereocenters. The van der Waals surface area contributed by atoms with Crippen LogP contribution in [0.1, 0.15) is 26.0 Å². The topological polar surface area (TPSA) is 97.5 Å². The van der Waals surface area contributed by atoms with E-state index in [4.69, 9.17) is 14.4 Å². The van der Waals surface area contributed by atoms with Crippen LogP contribution < -0.4 is 10.1 Å². The Hall–Kier alpha value is -3.35. The van der Waals surface area contributed by atoms with Gasteiger partial charge >= 0.3 is 6.09 Å². The third-order valence-corrected chi connectivity index (χ3v) is 4.44. The summed E-state index contributed by atoms with van der Waals surface area (Å²) in [5.74, 6) is 1.53. The second-order valence-electron chi connectivity index (χ2n) is 7.36. The van der Waals surface area contributed by atoms with Gasteiger partial charge in [0.05, 0.1) is 17.8 Å². The number of nitrogens with one attached hydrogen (secondary N) is 1. The van der Waals surface area contributed by atoms with Crippen LogP contribution in [0.15, 0.2) is 53.3 Å². The Bertz CT molecular complexity index is 954. The molecular formula is C22H25N3O4. The molecule has 2 aromatic heterocycles. The van der Waals surface area contributed by atoms with Gasteiger partial charge in [0.1, 0.15) is 12.4 Å². The lowest BCUT2D eigenvalue weighted by Gasteiger charge is -2.20. The summed E-state index contributed by atoms with van der Waals surface area (Å²) in [4.78, 5) is 15.3. The quantitative estimate of drug-likeness (QED) is 0.570. The highest BCUT2D eigenvalue weighted by atomic mass is 16.5. The molecule has 0 saturated heterocycles. The Morgan fingerprint density at radius 3 is 2.62 bits per heavy atom. The van der Waals surface area contributed by atoms with Crippen LogP contribution in [0.2, 0.25) is 0 Å². The highest BCUT2D eigenvalue weighted by Gasteiger charge is 2.17.